The molecule has 1 amide bonds. The van der Waals surface area contributed by atoms with Gasteiger partial charge >= 0.3 is 5.97 Å². The number of carbonyl (C=O) groups is 2. The lowest BCUT2D eigenvalue weighted by Crippen LogP contribution is -2.41. The van der Waals surface area contributed by atoms with E-state index in [9.17, 15) is 23.1 Å². The Labute approximate surface area is 266 Å². The van der Waals surface area contributed by atoms with Crippen LogP contribution in [0.5, 0.6) is 0 Å². The third-order valence-electron chi connectivity index (χ3n) is 8.46. The largest absolute Gasteiger partial charge is 0.480 e. The first-order valence-electron chi connectivity index (χ1n) is 15.5. The molecule has 7 nitrogen and oxygen atoms in total. The zero-order valence-corrected chi connectivity index (χ0v) is 27.3. The fraction of sp³-hybridized carbons (Fsp3) is 0.429. The van der Waals surface area contributed by atoms with E-state index in [1.807, 2.05) is 43.5 Å². The summed E-state index contributed by atoms with van der Waals surface area (Å²) in [4.78, 5) is 25.6. The second-order valence-corrected chi connectivity index (χ2v) is 14.6. The maximum atomic E-state index is 13.9. The van der Waals surface area contributed by atoms with Gasteiger partial charge in [-0.2, -0.15) is 16.1 Å². The van der Waals surface area contributed by atoms with E-state index >= 15 is 0 Å². The Hall–Kier alpha value is -3.14. The van der Waals surface area contributed by atoms with Crippen molar-refractivity contribution in [3.8, 4) is 11.1 Å². The Morgan fingerprint density at radius 3 is 2.36 bits per heavy atom. The summed E-state index contributed by atoms with van der Waals surface area (Å²) in [7, 11) is -3.76. The van der Waals surface area contributed by atoms with Crippen molar-refractivity contribution < 1.29 is 23.1 Å². The van der Waals surface area contributed by atoms with Gasteiger partial charge in [-0.15, -0.1) is 0 Å². The van der Waals surface area contributed by atoms with Crippen LogP contribution in [0.4, 0.5) is 0 Å². The summed E-state index contributed by atoms with van der Waals surface area (Å²) in [6, 6.07) is 20.6. The number of carbonyl (C=O) groups excluding carboxylic acids is 1. The molecular weight excluding hydrogens is 593 g/mol. The Morgan fingerprint density at radius 1 is 0.977 bits per heavy atom. The summed E-state index contributed by atoms with van der Waals surface area (Å²) in [5.74, 6) is -0.283. The van der Waals surface area contributed by atoms with Crippen LogP contribution in [-0.4, -0.2) is 54.3 Å². The second-order valence-electron chi connectivity index (χ2n) is 11.6. The third-order valence-corrected chi connectivity index (χ3v) is 11.0. The zero-order chi connectivity index (χ0) is 31.5. The van der Waals surface area contributed by atoms with E-state index in [1.165, 1.54) is 43.9 Å². The normalized spacial score (nSPS) is 14.8. The van der Waals surface area contributed by atoms with E-state index < -0.39 is 27.9 Å². The smallest absolute Gasteiger partial charge is 0.326 e. The van der Waals surface area contributed by atoms with Crippen LogP contribution in [0, 0.1) is 12.8 Å². The summed E-state index contributed by atoms with van der Waals surface area (Å²) in [5.41, 5.74) is 3.55. The van der Waals surface area contributed by atoms with Gasteiger partial charge in [-0.3, -0.25) is 4.79 Å². The SMILES string of the molecule is CSCC[C@H](NC(=O)c1ccc(CN(CCCC2CCCCC2)S(=O)(=O)c2ccccc2)cc1-c1ccccc1C)C(=O)O. The topological polar surface area (TPSA) is 104 Å². The maximum absolute atomic E-state index is 13.9. The average molecular weight is 637 g/mol. The molecule has 0 bridgehead atoms. The molecule has 1 aliphatic rings. The Morgan fingerprint density at radius 2 is 1.68 bits per heavy atom. The number of amides is 1. The Kier molecular flexibility index (Phi) is 12.5. The molecular formula is C35H44N2O5S2. The molecule has 0 spiro atoms. The van der Waals surface area contributed by atoms with Gasteiger partial charge < -0.3 is 10.4 Å². The molecule has 1 saturated carbocycles. The van der Waals surface area contributed by atoms with Crippen LogP contribution in [0.1, 0.15) is 72.9 Å². The molecule has 1 fully saturated rings. The van der Waals surface area contributed by atoms with Crippen molar-refractivity contribution in [3.05, 3.63) is 89.5 Å². The van der Waals surface area contributed by atoms with Crippen molar-refractivity contribution in [2.24, 2.45) is 5.92 Å². The quantitative estimate of drug-likeness (QED) is 0.184. The molecule has 3 aromatic rings. The highest BCUT2D eigenvalue weighted by atomic mass is 32.2. The van der Waals surface area contributed by atoms with Crippen LogP contribution < -0.4 is 5.32 Å². The van der Waals surface area contributed by atoms with E-state index in [-0.39, 0.29) is 11.4 Å². The van der Waals surface area contributed by atoms with Crippen LogP contribution in [0.25, 0.3) is 11.1 Å². The number of nitrogens with one attached hydrogen (secondary N) is 1. The standard InChI is InChI=1S/C35H44N2O5S2/c1-26-12-9-10-18-30(26)32-24-28(19-20-31(32)34(38)36-33(35(39)40)21-23-43-2)25-37(22-11-15-27-13-5-3-6-14-27)44(41,42)29-16-7-4-8-17-29/h4,7-10,12,16-20,24,27,33H,3,5-6,11,13-15,21-23,25H2,1-2H3,(H,36,38)(H,39,40)/t33-/m0/s1. The minimum Gasteiger partial charge on any atom is -0.480 e. The number of aryl methyl sites for hydroxylation is 1. The molecule has 0 aromatic heterocycles. The number of benzene rings is 3. The van der Waals surface area contributed by atoms with Crippen LogP contribution in [-0.2, 0) is 21.4 Å². The number of nitrogens with zero attached hydrogens (tertiary/aromatic N) is 1. The van der Waals surface area contributed by atoms with Crippen molar-refractivity contribution in [2.75, 3.05) is 18.6 Å². The summed E-state index contributed by atoms with van der Waals surface area (Å²) in [5, 5.41) is 12.4. The minimum atomic E-state index is -3.76. The average Bonchev–Trinajstić information content (AvgIpc) is 3.03. The molecule has 0 saturated heterocycles. The fourth-order valence-corrected chi connectivity index (χ4v) is 7.94. The number of sulfonamides is 1. The van der Waals surface area contributed by atoms with E-state index in [2.05, 4.69) is 5.32 Å². The molecule has 4 rings (SSSR count). The molecule has 44 heavy (non-hydrogen) atoms. The molecule has 0 heterocycles. The highest BCUT2D eigenvalue weighted by Crippen LogP contribution is 2.31. The first-order chi connectivity index (χ1) is 21.2. The summed E-state index contributed by atoms with van der Waals surface area (Å²) < 4.78 is 29.3. The van der Waals surface area contributed by atoms with Gasteiger partial charge in [-0.1, -0.05) is 80.6 Å². The van der Waals surface area contributed by atoms with E-state index in [0.29, 0.717) is 35.8 Å². The molecule has 1 aliphatic carbocycles. The molecule has 3 aromatic carbocycles. The van der Waals surface area contributed by atoms with Crippen molar-refractivity contribution in [2.45, 2.75) is 75.8 Å². The van der Waals surface area contributed by atoms with Crippen molar-refractivity contribution >= 4 is 33.7 Å². The van der Waals surface area contributed by atoms with Gasteiger partial charge in [0.2, 0.25) is 10.0 Å². The van der Waals surface area contributed by atoms with Crippen LogP contribution in [0.15, 0.2) is 77.7 Å². The van der Waals surface area contributed by atoms with E-state index in [0.717, 1.165) is 29.5 Å². The Bertz CT molecular complexity index is 1500. The maximum Gasteiger partial charge on any atom is 0.326 e. The predicted octanol–water partition coefficient (Wildman–Crippen LogP) is 7.15. The number of hydrogen-bond acceptors (Lipinski definition) is 5. The second kappa shape index (κ2) is 16.3. The number of aliphatic carboxylic acids is 1. The van der Waals surface area contributed by atoms with Crippen LogP contribution in [0.3, 0.4) is 0 Å². The summed E-state index contributed by atoms with van der Waals surface area (Å²) in [6.45, 7) is 2.53. The van der Waals surface area contributed by atoms with Crippen LogP contribution >= 0.6 is 11.8 Å². The number of thioether (sulfide) groups is 1. The summed E-state index contributed by atoms with van der Waals surface area (Å²) >= 11 is 1.53. The molecule has 1 atom stereocenters. The first kappa shape index (κ1) is 33.7. The van der Waals surface area contributed by atoms with Gasteiger partial charge in [0.1, 0.15) is 6.04 Å². The van der Waals surface area contributed by atoms with Gasteiger partial charge in [-0.05, 0) is 90.6 Å². The van der Waals surface area contributed by atoms with Crippen molar-refractivity contribution in [1.82, 2.24) is 9.62 Å². The number of carboxylic acid groups (broad SMARTS) is 1. The highest BCUT2D eigenvalue weighted by molar-refractivity contribution is 7.98. The molecule has 0 radical (unpaired) electrons. The van der Waals surface area contributed by atoms with E-state index in [1.54, 1.807) is 46.8 Å². The van der Waals surface area contributed by atoms with Crippen molar-refractivity contribution in [1.29, 1.82) is 0 Å². The molecule has 9 heteroatoms. The van der Waals surface area contributed by atoms with Crippen molar-refractivity contribution in [3.63, 3.8) is 0 Å². The van der Waals surface area contributed by atoms with Gasteiger partial charge in [0.25, 0.3) is 5.91 Å². The van der Waals surface area contributed by atoms with Gasteiger partial charge in [0.15, 0.2) is 0 Å². The monoisotopic (exact) mass is 636 g/mol. The Balaban J connectivity index is 1.66. The van der Waals surface area contributed by atoms with E-state index in [4.69, 9.17) is 0 Å². The first-order valence-corrected chi connectivity index (χ1v) is 18.3. The lowest BCUT2D eigenvalue weighted by atomic mass is 9.86. The van der Waals surface area contributed by atoms with Crippen LogP contribution in [0.2, 0.25) is 0 Å². The third kappa shape index (κ3) is 8.96. The molecule has 236 valence electrons. The lowest BCUT2D eigenvalue weighted by molar-refractivity contribution is -0.139. The summed E-state index contributed by atoms with van der Waals surface area (Å²) in [6.07, 6.45) is 10.2. The lowest BCUT2D eigenvalue weighted by Gasteiger charge is -2.26. The van der Waals surface area contributed by atoms with Gasteiger partial charge in [0.05, 0.1) is 4.90 Å². The fourth-order valence-electron chi connectivity index (χ4n) is 5.98. The minimum absolute atomic E-state index is 0.161. The highest BCUT2D eigenvalue weighted by Gasteiger charge is 2.27. The predicted molar refractivity (Wildman–Crippen MR) is 178 cm³/mol. The van der Waals surface area contributed by atoms with Gasteiger partial charge in [-0.25, -0.2) is 13.2 Å². The zero-order valence-electron chi connectivity index (χ0n) is 25.7. The number of rotatable bonds is 15. The molecule has 2 N–H and O–H groups in total. The molecule has 0 unspecified atom stereocenters. The molecule has 0 aliphatic heterocycles. The number of carboxylic acids is 1. The number of hydrogen-bond donors (Lipinski definition) is 2. The van der Waals surface area contributed by atoms with Gasteiger partial charge in [0, 0.05) is 18.7 Å².